The summed E-state index contributed by atoms with van der Waals surface area (Å²) in [7, 11) is 1.78. The van der Waals surface area contributed by atoms with E-state index in [0.717, 1.165) is 25.7 Å². The molecule has 0 unspecified atom stereocenters. The summed E-state index contributed by atoms with van der Waals surface area (Å²) < 4.78 is 1.61. The van der Waals surface area contributed by atoms with Crippen LogP contribution in [0, 0.1) is 5.92 Å². The predicted molar refractivity (Wildman–Crippen MR) is 97.5 cm³/mol. The van der Waals surface area contributed by atoms with E-state index < -0.39 is 0 Å². The third-order valence-corrected chi connectivity index (χ3v) is 4.33. The molecular weight excluding hydrogens is 318 g/mol. The van der Waals surface area contributed by atoms with Gasteiger partial charge >= 0.3 is 6.03 Å². The lowest BCUT2D eigenvalue weighted by molar-refractivity contribution is -0.120. The number of rotatable bonds is 4. The predicted octanol–water partition coefficient (Wildman–Crippen LogP) is 3.58. The number of carbonyl (C=O) groups excluding carboxylic acids is 2. The van der Waals surface area contributed by atoms with Crippen LogP contribution in [-0.2, 0) is 11.8 Å². The lowest BCUT2D eigenvalue weighted by Gasteiger charge is -2.20. The molecule has 1 aromatic heterocycles. The number of aryl methyl sites for hydroxylation is 1. The third-order valence-electron chi connectivity index (χ3n) is 4.33. The molecule has 1 aromatic carbocycles. The number of hydrogen-bond donors (Lipinski definition) is 3. The van der Waals surface area contributed by atoms with Crippen LogP contribution in [0.2, 0.25) is 0 Å². The van der Waals surface area contributed by atoms with Gasteiger partial charge in [-0.05, 0) is 31.0 Å². The lowest BCUT2D eigenvalue weighted by Crippen LogP contribution is -2.24. The second-order valence-corrected chi connectivity index (χ2v) is 6.39. The Balaban J connectivity index is 1.57. The Bertz CT molecular complexity index is 749. The number of benzene rings is 1. The molecule has 7 nitrogen and oxygen atoms in total. The summed E-state index contributed by atoms with van der Waals surface area (Å²) in [6.45, 7) is 0. The van der Waals surface area contributed by atoms with E-state index in [-0.39, 0.29) is 17.9 Å². The van der Waals surface area contributed by atoms with Gasteiger partial charge < -0.3 is 16.0 Å². The molecule has 0 saturated heterocycles. The second kappa shape index (κ2) is 7.83. The summed E-state index contributed by atoms with van der Waals surface area (Å²) in [5.74, 6) is 0.163. The van der Waals surface area contributed by atoms with Crippen molar-refractivity contribution in [2.24, 2.45) is 13.0 Å². The van der Waals surface area contributed by atoms with Gasteiger partial charge in [-0.3, -0.25) is 9.48 Å². The highest BCUT2D eigenvalue weighted by molar-refractivity contribution is 6.00. The molecule has 1 aliphatic carbocycles. The van der Waals surface area contributed by atoms with Gasteiger partial charge in [-0.25, -0.2) is 4.79 Å². The maximum absolute atomic E-state index is 12.3. The average Bonchev–Trinajstić information content (AvgIpc) is 3.00. The molecule has 2 aromatic rings. The maximum Gasteiger partial charge on any atom is 0.323 e. The minimum atomic E-state index is -0.358. The van der Waals surface area contributed by atoms with Crippen molar-refractivity contribution in [1.82, 2.24) is 9.78 Å². The van der Waals surface area contributed by atoms with E-state index in [1.807, 2.05) is 6.07 Å². The normalized spacial score (nSPS) is 14.8. The first kappa shape index (κ1) is 17.0. The van der Waals surface area contributed by atoms with Crippen molar-refractivity contribution in [2.45, 2.75) is 32.1 Å². The van der Waals surface area contributed by atoms with Crippen LogP contribution in [0.4, 0.5) is 21.9 Å². The van der Waals surface area contributed by atoms with Gasteiger partial charge in [-0.15, -0.1) is 0 Å². The molecule has 3 N–H and O–H groups in total. The zero-order valence-electron chi connectivity index (χ0n) is 14.3. The summed E-state index contributed by atoms with van der Waals surface area (Å²) in [4.78, 5) is 24.3. The van der Waals surface area contributed by atoms with Crippen LogP contribution >= 0.6 is 0 Å². The van der Waals surface area contributed by atoms with Crippen molar-refractivity contribution in [1.29, 1.82) is 0 Å². The smallest absolute Gasteiger partial charge is 0.323 e. The number of urea groups is 1. The molecule has 1 aliphatic rings. The van der Waals surface area contributed by atoms with Crippen LogP contribution < -0.4 is 16.0 Å². The number of nitrogens with one attached hydrogen (secondary N) is 3. The van der Waals surface area contributed by atoms with E-state index in [1.165, 1.54) is 6.42 Å². The van der Waals surface area contributed by atoms with E-state index in [4.69, 9.17) is 0 Å². The van der Waals surface area contributed by atoms with Crippen LogP contribution in [0.1, 0.15) is 32.1 Å². The van der Waals surface area contributed by atoms with Crippen LogP contribution in [0.15, 0.2) is 36.7 Å². The molecule has 1 heterocycles. The minimum Gasteiger partial charge on any atom is -0.326 e. The molecule has 3 rings (SSSR count). The van der Waals surface area contributed by atoms with Gasteiger partial charge in [0.05, 0.1) is 11.9 Å². The Morgan fingerprint density at radius 1 is 1.04 bits per heavy atom. The topological polar surface area (TPSA) is 88.0 Å². The fourth-order valence-electron chi connectivity index (χ4n) is 3.06. The van der Waals surface area contributed by atoms with E-state index in [9.17, 15) is 9.59 Å². The van der Waals surface area contributed by atoms with E-state index >= 15 is 0 Å². The summed E-state index contributed by atoms with van der Waals surface area (Å²) in [5, 5.41) is 12.4. The van der Waals surface area contributed by atoms with Gasteiger partial charge in [-0.2, -0.15) is 5.10 Å². The van der Waals surface area contributed by atoms with Crippen molar-refractivity contribution < 1.29 is 9.59 Å². The zero-order chi connectivity index (χ0) is 17.6. The fraction of sp³-hybridized carbons (Fsp3) is 0.389. The Morgan fingerprint density at radius 3 is 2.40 bits per heavy atom. The molecule has 0 spiro atoms. The van der Waals surface area contributed by atoms with Crippen LogP contribution in [0.25, 0.3) is 0 Å². The monoisotopic (exact) mass is 341 g/mol. The average molecular weight is 341 g/mol. The molecule has 0 radical (unpaired) electrons. The highest BCUT2D eigenvalue weighted by Gasteiger charge is 2.21. The summed E-state index contributed by atoms with van der Waals surface area (Å²) in [6, 6.07) is 6.80. The fourth-order valence-corrected chi connectivity index (χ4v) is 3.06. The van der Waals surface area contributed by atoms with Gasteiger partial charge in [0.1, 0.15) is 0 Å². The number of aromatic nitrogens is 2. The number of anilines is 3. The lowest BCUT2D eigenvalue weighted by atomic mass is 9.88. The first-order valence-corrected chi connectivity index (χ1v) is 8.58. The summed E-state index contributed by atoms with van der Waals surface area (Å²) >= 11 is 0. The molecule has 0 bridgehead atoms. The molecule has 3 amide bonds. The molecule has 25 heavy (non-hydrogen) atoms. The Kier molecular flexibility index (Phi) is 5.33. The number of carbonyl (C=O) groups is 2. The molecule has 0 atom stereocenters. The number of amides is 3. The molecule has 0 aliphatic heterocycles. The standard InChI is InChI=1S/C18H23N5O2/c1-23-12-16(11-19-23)22-18(25)21-15-9-5-8-14(10-15)20-17(24)13-6-3-2-4-7-13/h5,8-13H,2-4,6-7H2,1H3,(H,20,24)(H2,21,22,25). The van der Waals surface area contributed by atoms with Crippen molar-refractivity contribution in [3.8, 4) is 0 Å². The third kappa shape index (κ3) is 4.82. The van der Waals surface area contributed by atoms with Crippen LogP contribution in [0.5, 0.6) is 0 Å². The highest BCUT2D eigenvalue weighted by atomic mass is 16.2. The van der Waals surface area contributed by atoms with Crippen LogP contribution in [0.3, 0.4) is 0 Å². The van der Waals surface area contributed by atoms with Crippen molar-refractivity contribution >= 4 is 29.0 Å². The van der Waals surface area contributed by atoms with E-state index in [0.29, 0.717) is 17.1 Å². The van der Waals surface area contributed by atoms with Crippen LogP contribution in [-0.4, -0.2) is 21.7 Å². The molecule has 132 valence electrons. The quantitative estimate of drug-likeness (QED) is 0.794. The van der Waals surface area contributed by atoms with Gasteiger partial charge in [-0.1, -0.05) is 25.3 Å². The Hall–Kier alpha value is -2.83. The summed E-state index contributed by atoms with van der Waals surface area (Å²) in [5.41, 5.74) is 1.92. The van der Waals surface area contributed by atoms with Gasteiger partial charge in [0, 0.05) is 30.5 Å². The first-order valence-electron chi connectivity index (χ1n) is 8.58. The van der Waals surface area contributed by atoms with Crippen molar-refractivity contribution in [3.05, 3.63) is 36.7 Å². The summed E-state index contributed by atoms with van der Waals surface area (Å²) in [6.07, 6.45) is 8.65. The van der Waals surface area contributed by atoms with E-state index in [2.05, 4.69) is 21.0 Å². The van der Waals surface area contributed by atoms with Gasteiger partial charge in [0.2, 0.25) is 5.91 Å². The number of hydrogen-bond acceptors (Lipinski definition) is 3. The SMILES string of the molecule is Cn1cc(NC(=O)Nc2cccc(NC(=O)C3CCCCC3)c2)cn1. The first-order chi connectivity index (χ1) is 12.1. The Labute approximate surface area is 146 Å². The Morgan fingerprint density at radius 2 is 1.72 bits per heavy atom. The molecule has 1 saturated carbocycles. The minimum absolute atomic E-state index is 0.0664. The van der Waals surface area contributed by atoms with Gasteiger partial charge in [0.15, 0.2) is 0 Å². The molecule has 1 fully saturated rings. The molecule has 7 heteroatoms. The largest absolute Gasteiger partial charge is 0.326 e. The maximum atomic E-state index is 12.3. The number of nitrogens with zero attached hydrogens (tertiary/aromatic N) is 2. The molecular formula is C18H23N5O2. The van der Waals surface area contributed by atoms with E-state index in [1.54, 1.807) is 42.3 Å². The zero-order valence-corrected chi connectivity index (χ0v) is 14.3. The second-order valence-electron chi connectivity index (χ2n) is 6.39. The van der Waals surface area contributed by atoms with Crippen molar-refractivity contribution in [3.63, 3.8) is 0 Å². The van der Waals surface area contributed by atoms with Gasteiger partial charge in [0.25, 0.3) is 0 Å². The van der Waals surface area contributed by atoms with Crippen molar-refractivity contribution in [2.75, 3.05) is 16.0 Å². The highest BCUT2D eigenvalue weighted by Crippen LogP contribution is 2.25.